The number of methoxy groups -OCH3 is 3. The smallest absolute Gasteiger partial charge is 0.336 e. The largest absolute Gasteiger partial charge is 0.495 e. The van der Waals surface area contributed by atoms with Crippen molar-refractivity contribution in [2.75, 3.05) is 32.8 Å². The third-order valence-electron chi connectivity index (χ3n) is 4.66. The monoisotopic (exact) mass is 548 g/mol. The highest BCUT2D eigenvalue weighted by Crippen LogP contribution is 2.40. The third-order valence-corrected chi connectivity index (χ3v) is 5.54. The normalized spacial score (nSPS) is 14.5. The number of carbonyl (C=O) groups excluding carboxylic acids is 3. The van der Waals surface area contributed by atoms with E-state index in [1.54, 1.807) is 12.1 Å². The Morgan fingerprint density at radius 2 is 1.74 bits per heavy atom. The molecule has 3 rings (SSSR count). The lowest BCUT2D eigenvalue weighted by atomic mass is 10.1. The summed E-state index contributed by atoms with van der Waals surface area (Å²) in [5.41, 5.74) is 0.161. The summed E-state index contributed by atoms with van der Waals surface area (Å²) >= 11 is 9.49. The predicted molar refractivity (Wildman–Crippen MR) is 129 cm³/mol. The summed E-state index contributed by atoms with van der Waals surface area (Å²) in [4.78, 5) is 39.3. The Kier molecular flexibility index (Phi) is 7.71. The molecule has 0 unspecified atom stereocenters. The number of carbonyl (C=O) groups is 3. The standard InChI is InChI=1S/C23H18BrClN2O7/c1-5-6-34-20-14(24)8-12(9-19(20)33-4)7-13-21(28)26-23(30)27(22(13)29)16-11-17(31-2)15(25)10-18(16)32-3/h1,7-11H,6H2,2-4H3,(H,26,28,30)/b13-7+. The van der Waals surface area contributed by atoms with Crippen LogP contribution in [0.4, 0.5) is 10.5 Å². The molecule has 11 heteroatoms. The molecule has 0 atom stereocenters. The van der Waals surface area contributed by atoms with Gasteiger partial charge in [0.1, 0.15) is 23.7 Å². The van der Waals surface area contributed by atoms with Gasteiger partial charge in [0.15, 0.2) is 11.5 Å². The van der Waals surface area contributed by atoms with E-state index in [1.165, 1.54) is 39.5 Å². The summed E-state index contributed by atoms with van der Waals surface area (Å²) in [6, 6.07) is 4.97. The summed E-state index contributed by atoms with van der Waals surface area (Å²) in [6.07, 6.45) is 6.56. The van der Waals surface area contributed by atoms with Gasteiger partial charge in [-0.2, -0.15) is 0 Å². The first-order valence-corrected chi connectivity index (χ1v) is 10.7. The number of imide groups is 2. The van der Waals surface area contributed by atoms with E-state index in [0.29, 0.717) is 21.5 Å². The molecule has 0 spiro atoms. The van der Waals surface area contributed by atoms with Gasteiger partial charge in [-0.05, 0) is 39.7 Å². The van der Waals surface area contributed by atoms with E-state index < -0.39 is 17.8 Å². The average Bonchev–Trinajstić information content (AvgIpc) is 2.81. The van der Waals surface area contributed by atoms with Crippen LogP contribution in [0.15, 0.2) is 34.3 Å². The number of nitrogens with zero attached hydrogens (tertiary/aromatic N) is 1. The summed E-state index contributed by atoms with van der Waals surface area (Å²) in [5.74, 6) is 1.62. The maximum Gasteiger partial charge on any atom is 0.336 e. The Bertz CT molecular complexity index is 1250. The zero-order valence-corrected chi connectivity index (χ0v) is 20.6. The minimum absolute atomic E-state index is 0.0136. The van der Waals surface area contributed by atoms with Crippen molar-refractivity contribution in [2.24, 2.45) is 0 Å². The fraction of sp³-hybridized carbons (Fsp3) is 0.174. The highest BCUT2D eigenvalue weighted by Gasteiger charge is 2.38. The number of terminal acetylenes is 1. The number of nitrogens with one attached hydrogen (secondary N) is 1. The SMILES string of the molecule is C#CCOc1c(Br)cc(/C=C2\C(=O)NC(=O)N(c3cc(OC)c(Cl)cc3OC)C2=O)cc1OC. The Labute approximate surface area is 208 Å². The molecule has 0 bridgehead atoms. The summed E-state index contributed by atoms with van der Waals surface area (Å²) in [7, 11) is 4.16. The van der Waals surface area contributed by atoms with E-state index in [4.69, 9.17) is 37.0 Å². The molecule has 34 heavy (non-hydrogen) atoms. The van der Waals surface area contributed by atoms with Crippen LogP contribution < -0.4 is 29.2 Å². The van der Waals surface area contributed by atoms with Crippen molar-refractivity contribution in [2.45, 2.75) is 0 Å². The zero-order valence-electron chi connectivity index (χ0n) is 18.2. The van der Waals surface area contributed by atoms with Crippen LogP contribution in [0, 0.1) is 12.3 Å². The van der Waals surface area contributed by atoms with Gasteiger partial charge in [-0.15, -0.1) is 6.42 Å². The molecular weight excluding hydrogens is 532 g/mol. The quantitative estimate of drug-likeness (QED) is 0.318. The molecule has 2 aromatic carbocycles. The van der Waals surface area contributed by atoms with E-state index >= 15 is 0 Å². The number of halogens is 2. The number of hydrogen-bond acceptors (Lipinski definition) is 7. The summed E-state index contributed by atoms with van der Waals surface area (Å²) in [6.45, 7) is 0.0136. The molecule has 1 saturated heterocycles. The molecular formula is C23H18BrClN2O7. The van der Waals surface area contributed by atoms with Crippen LogP contribution in [0.25, 0.3) is 6.08 Å². The number of amides is 4. The molecule has 176 valence electrons. The number of hydrogen-bond donors (Lipinski definition) is 1. The first-order chi connectivity index (χ1) is 16.2. The van der Waals surface area contributed by atoms with Gasteiger partial charge in [0, 0.05) is 12.1 Å². The molecule has 1 aliphatic rings. The lowest BCUT2D eigenvalue weighted by molar-refractivity contribution is -0.122. The Balaban J connectivity index is 2.09. The van der Waals surface area contributed by atoms with Gasteiger partial charge in [-0.3, -0.25) is 14.9 Å². The lowest BCUT2D eigenvalue weighted by Crippen LogP contribution is -2.54. The minimum Gasteiger partial charge on any atom is -0.495 e. The minimum atomic E-state index is -0.952. The molecule has 9 nitrogen and oxygen atoms in total. The Morgan fingerprint density at radius 1 is 1.06 bits per heavy atom. The summed E-state index contributed by atoms with van der Waals surface area (Å²) in [5, 5.41) is 2.37. The third kappa shape index (κ3) is 4.81. The van der Waals surface area contributed by atoms with Gasteiger partial charge < -0.3 is 18.9 Å². The van der Waals surface area contributed by atoms with Gasteiger partial charge in [0.2, 0.25) is 0 Å². The fourth-order valence-electron chi connectivity index (χ4n) is 3.14. The first-order valence-electron chi connectivity index (χ1n) is 9.52. The van der Waals surface area contributed by atoms with E-state index in [9.17, 15) is 14.4 Å². The van der Waals surface area contributed by atoms with E-state index in [1.807, 2.05) is 0 Å². The van der Waals surface area contributed by atoms with Crippen LogP contribution in [0.3, 0.4) is 0 Å². The van der Waals surface area contributed by atoms with Crippen molar-refractivity contribution in [3.8, 4) is 35.3 Å². The van der Waals surface area contributed by atoms with Crippen LogP contribution >= 0.6 is 27.5 Å². The Morgan fingerprint density at radius 3 is 2.35 bits per heavy atom. The molecule has 0 radical (unpaired) electrons. The molecule has 0 aromatic heterocycles. The second-order valence-electron chi connectivity index (χ2n) is 6.64. The van der Waals surface area contributed by atoms with Gasteiger partial charge in [0.05, 0.1) is 36.5 Å². The molecule has 0 saturated carbocycles. The average molecular weight is 550 g/mol. The van der Waals surface area contributed by atoms with Crippen molar-refractivity contribution in [1.82, 2.24) is 5.32 Å². The Hall–Kier alpha value is -3.68. The maximum atomic E-state index is 13.3. The van der Waals surface area contributed by atoms with Crippen LogP contribution in [-0.4, -0.2) is 45.8 Å². The van der Waals surface area contributed by atoms with Crippen LogP contribution in [0.5, 0.6) is 23.0 Å². The number of urea groups is 1. The summed E-state index contributed by atoms with van der Waals surface area (Å²) < 4.78 is 21.8. The van der Waals surface area contributed by atoms with Gasteiger partial charge in [-0.25, -0.2) is 9.69 Å². The predicted octanol–water partition coefficient (Wildman–Crippen LogP) is 3.81. The van der Waals surface area contributed by atoms with Crippen LogP contribution in [-0.2, 0) is 9.59 Å². The highest BCUT2D eigenvalue weighted by atomic mass is 79.9. The number of rotatable bonds is 7. The van der Waals surface area contributed by atoms with E-state index in [-0.39, 0.29) is 34.4 Å². The number of benzene rings is 2. The fourth-order valence-corrected chi connectivity index (χ4v) is 3.94. The topological polar surface area (TPSA) is 103 Å². The lowest BCUT2D eigenvalue weighted by Gasteiger charge is -2.28. The van der Waals surface area contributed by atoms with E-state index in [2.05, 4.69) is 27.2 Å². The van der Waals surface area contributed by atoms with Crippen molar-refractivity contribution in [3.63, 3.8) is 0 Å². The molecule has 1 heterocycles. The van der Waals surface area contributed by atoms with Crippen molar-refractivity contribution < 1.29 is 33.3 Å². The molecule has 0 aliphatic carbocycles. The van der Waals surface area contributed by atoms with Crippen molar-refractivity contribution in [3.05, 3.63) is 44.9 Å². The molecule has 2 aromatic rings. The van der Waals surface area contributed by atoms with Gasteiger partial charge >= 0.3 is 6.03 Å². The molecule has 1 N–H and O–H groups in total. The highest BCUT2D eigenvalue weighted by molar-refractivity contribution is 9.10. The second kappa shape index (κ2) is 10.5. The zero-order chi connectivity index (χ0) is 25.0. The molecule has 1 aliphatic heterocycles. The van der Waals surface area contributed by atoms with Gasteiger partial charge in [-0.1, -0.05) is 17.5 Å². The van der Waals surface area contributed by atoms with Crippen LogP contribution in [0.2, 0.25) is 5.02 Å². The molecule has 4 amide bonds. The first kappa shape index (κ1) is 25.0. The van der Waals surface area contributed by atoms with E-state index in [0.717, 1.165) is 4.90 Å². The maximum absolute atomic E-state index is 13.3. The number of barbiturate groups is 1. The number of anilines is 1. The second-order valence-corrected chi connectivity index (χ2v) is 7.90. The molecule has 1 fully saturated rings. The van der Waals surface area contributed by atoms with Crippen molar-refractivity contribution >= 4 is 57.1 Å². The van der Waals surface area contributed by atoms with Gasteiger partial charge in [0.25, 0.3) is 11.8 Å². The van der Waals surface area contributed by atoms with Crippen LogP contribution in [0.1, 0.15) is 5.56 Å². The number of ether oxygens (including phenoxy) is 4. The van der Waals surface area contributed by atoms with Crippen molar-refractivity contribution in [1.29, 1.82) is 0 Å².